The van der Waals surface area contributed by atoms with Crippen molar-refractivity contribution in [3.05, 3.63) is 53.2 Å². The summed E-state index contributed by atoms with van der Waals surface area (Å²) in [6, 6.07) is 10.6. The van der Waals surface area contributed by atoms with Gasteiger partial charge >= 0.3 is 41.9 Å². The van der Waals surface area contributed by atoms with Crippen molar-refractivity contribution in [2.24, 2.45) is 20.0 Å². The first-order chi connectivity index (χ1) is 34.3. The second-order valence-electron chi connectivity index (χ2n) is 21.9. The highest BCUT2D eigenvalue weighted by Gasteiger charge is 2.41. The number of ether oxygens (including phenoxy) is 1. The molecule has 0 unspecified atom stereocenters. The number of carbonyl (C=O) groups excluding carboxylic acids is 6. The number of benzene rings is 1. The summed E-state index contributed by atoms with van der Waals surface area (Å²) in [5.41, 5.74) is 1.01. The number of para-hydroxylation sites is 1. The zero-order valence-corrected chi connectivity index (χ0v) is 50.5. The van der Waals surface area contributed by atoms with Crippen LogP contribution >= 0.6 is 0 Å². The SMILES string of the molecule is CC1CN(C)C(=O)N(C)C1.CN1CCCN(C)C1=O.CN1CCCN(c2ccccc2)C1=O.CN1CN(C)C(=O)N(C)C1.CN1COCN(C)C1=O.C[Si](C)(C)N1CCN([Si](C)(C)C)C1=O.Cn1ccn(C)c1=O. The van der Waals surface area contributed by atoms with Crippen LogP contribution in [0.3, 0.4) is 0 Å². The van der Waals surface area contributed by atoms with Crippen molar-refractivity contribution in [3.8, 4) is 0 Å². The first kappa shape index (κ1) is 64.3. The van der Waals surface area contributed by atoms with Gasteiger partial charge in [-0.1, -0.05) is 64.4 Å². The molecule has 6 aliphatic rings. The maximum Gasteiger partial charge on any atom is 0.327 e. The van der Waals surface area contributed by atoms with Crippen molar-refractivity contribution in [1.29, 1.82) is 0 Å². The molecular formula is C49H93N15O8Si2. The number of urea groups is 6. The summed E-state index contributed by atoms with van der Waals surface area (Å²) in [7, 11) is 18.8. The van der Waals surface area contributed by atoms with Crippen LogP contribution in [-0.4, -0.2) is 270 Å². The molecule has 0 atom stereocenters. The van der Waals surface area contributed by atoms with E-state index in [4.69, 9.17) is 4.74 Å². The summed E-state index contributed by atoms with van der Waals surface area (Å²) >= 11 is 0. The van der Waals surface area contributed by atoms with Gasteiger partial charge in [-0.2, -0.15) is 0 Å². The Hall–Kier alpha value is -5.80. The minimum Gasteiger partial charge on any atom is -0.351 e. The van der Waals surface area contributed by atoms with Gasteiger partial charge < -0.3 is 67.1 Å². The molecule has 8 rings (SSSR count). The molecule has 12 amide bonds. The second-order valence-corrected chi connectivity index (χ2v) is 31.6. The molecule has 0 N–H and O–H groups in total. The van der Waals surface area contributed by atoms with E-state index in [0.717, 1.165) is 84.2 Å². The van der Waals surface area contributed by atoms with Crippen LogP contribution in [-0.2, 0) is 18.8 Å². The predicted molar refractivity (Wildman–Crippen MR) is 298 cm³/mol. The van der Waals surface area contributed by atoms with Crippen molar-refractivity contribution < 1.29 is 33.5 Å². The normalized spacial score (nSPS) is 19.1. The second kappa shape index (κ2) is 29.3. The molecule has 0 bridgehead atoms. The van der Waals surface area contributed by atoms with Crippen molar-refractivity contribution >= 4 is 58.3 Å². The molecule has 1 aromatic carbocycles. The summed E-state index contributed by atoms with van der Waals surface area (Å²) in [5.74, 6) is 0.604. The van der Waals surface area contributed by atoms with E-state index in [2.05, 4.69) is 60.2 Å². The lowest BCUT2D eigenvalue weighted by atomic mass is 10.1. The Labute approximate surface area is 444 Å². The number of aryl methyl sites for hydroxylation is 2. The van der Waals surface area contributed by atoms with Crippen molar-refractivity contribution in [2.45, 2.75) is 59.0 Å². The number of imidazole rings is 1. The van der Waals surface area contributed by atoms with Crippen molar-refractivity contribution in [3.63, 3.8) is 0 Å². The zero-order valence-electron chi connectivity index (χ0n) is 48.5. The number of nitrogens with zero attached hydrogens (tertiary/aromatic N) is 15. The number of hydrogen-bond acceptors (Lipinski definition) is 9. The third-order valence-electron chi connectivity index (χ3n) is 12.5. The van der Waals surface area contributed by atoms with Crippen LogP contribution < -0.4 is 10.6 Å². The molecule has 0 aliphatic carbocycles. The van der Waals surface area contributed by atoms with Gasteiger partial charge in [0.15, 0.2) is 16.5 Å². The molecular weight excluding hydrogens is 983 g/mol. The highest BCUT2D eigenvalue weighted by molar-refractivity contribution is 6.79. The molecule has 0 radical (unpaired) electrons. The predicted octanol–water partition coefficient (Wildman–Crippen LogP) is 4.81. The van der Waals surface area contributed by atoms with Crippen LogP contribution in [0.1, 0.15) is 19.8 Å². The van der Waals surface area contributed by atoms with E-state index in [0.29, 0.717) is 25.4 Å². The zero-order chi connectivity index (χ0) is 56.4. The molecule has 0 spiro atoms. The Morgan fingerprint density at radius 2 is 0.797 bits per heavy atom. The standard InChI is InChI=1S/C11H14N2O.C9H22N2OSi2.C7H14N2O.C6H13N3O.C6H12N2O.C5H10N2O2.C5H8N2O/c1-12-8-5-9-13(11(12)14)10-6-3-2-4-7-10;1-13(2,3)10-7-8-11(9(10)12)14(4,5)6;1-6-4-8(2)7(10)9(3)5-6;1-7-4-8(2)6(10)9(3)5-7;1-7-4-3-5-8(2)6(7)9;1-6-3-9-4-7(2)5(6)8;1-6-3-4-7(2)5(6)8/h2-4,6-7H,5,8-9H2,1H3;7-8H2,1-6H3;6H,4-5H2,1-3H3;4-5H2,1-3H3;3-5H2,1-2H3;3-4H2,1-2H3;3-4H,1-2H3. The third kappa shape index (κ3) is 20.1. The van der Waals surface area contributed by atoms with Gasteiger partial charge in [-0.25, -0.2) is 28.8 Å². The van der Waals surface area contributed by atoms with Gasteiger partial charge in [0.1, 0.15) is 13.5 Å². The maximum absolute atomic E-state index is 12.1. The number of amides is 12. The molecule has 6 aliphatic heterocycles. The van der Waals surface area contributed by atoms with Gasteiger partial charge in [-0.3, -0.25) is 14.6 Å². The molecule has 25 heteroatoms. The van der Waals surface area contributed by atoms with Crippen molar-refractivity contribution in [1.82, 2.24) is 67.3 Å². The minimum absolute atomic E-state index is 0.0150. The maximum atomic E-state index is 12.1. The Morgan fingerprint density at radius 1 is 0.432 bits per heavy atom. The number of anilines is 1. The monoisotopic (exact) mass is 1080 g/mol. The van der Waals surface area contributed by atoms with Gasteiger partial charge in [0.2, 0.25) is 0 Å². The van der Waals surface area contributed by atoms with E-state index in [1.165, 1.54) is 18.9 Å². The summed E-state index contributed by atoms with van der Waals surface area (Å²) in [6.45, 7) is 25.0. The van der Waals surface area contributed by atoms with Gasteiger partial charge in [-0.15, -0.1) is 0 Å². The van der Waals surface area contributed by atoms with Crippen molar-refractivity contribution in [2.75, 3.05) is 155 Å². The summed E-state index contributed by atoms with van der Waals surface area (Å²) in [6.07, 6.45) is 5.58. The van der Waals surface area contributed by atoms with Crippen LogP contribution in [0.2, 0.25) is 39.3 Å². The fraction of sp³-hybridized carbons (Fsp3) is 0.694. The third-order valence-corrected chi connectivity index (χ3v) is 16.6. The average molecular weight is 1080 g/mol. The largest absolute Gasteiger partial charge is 0.351 e. The lowest BCUT2D eigenvalue weighted by Crippen LogP contribution is -2.53. The summed E-state index contributed by atoms with van der Waals surface area (Å²) in [4.78, 5) is 97.7. The molecule has 23 nitrogen and oxygen atoms in total. The molecule has 7 heterocycles. The van der Waals surface area contributed by atoms with Gasteiger partial charge in [-0.05, 0) is 37.9 Å². The molecule has 6 saturated heterocycles. The smallest absolute Gasteiger partial charge is 0.327 e. The Bertz CT molecular complexity index is 2010. The molecule has 0 saturated carbocycles. The Balaban J connectivity index is 0.000000298. The first-order valence-corrected chi connectivity index (χ1v) is 32.1. The van der Waals surface area contributed by atoms with E-state index in [1.54, 1.807) is 89.0 Å². The number of rotatable bonds is 3. The first-order valence-electron chi connectivity index (χ1n) is 25.3. The highest BCUT2D eigenvalue weighted by atomic mass is 28.3. The van der Waals surface area contributed by atoms with Crippen LogP contribution in [0.4, 0.5) is 34.5 Å². The molecule has 74 heavy (non-hydrogen) atoms. The molecule has 420 valence electrons. The quantitative estimate of drug-likeness (QED) is 0.390. The highest BCUT2D eigenvalue weighted by Crippen LogP contribution is 2.23. The van der Waals surface area contributed by atoms with Crippen LogP contribution in [0, 0.1) is 5.92 Å². The molecule has 2 aromatic rings. The lowest BCUT2D eigenvalue weighted by molar-refractivity contribution is -0.0340. The van der Waals surface area contributed by atoms with E-state index in [1.807, 2.05) is 77.5 Å². The van der Waals surface area contributed by atoms with E-state index < -0.39 is 16.5 Å². The van der Waals surface area contributed by atoms with E-state index in [9.17, 15) is 33.6 Å². The van der Waals surface area contributed by atoms with Crippen LogP contribution in [0.15, 0.2) is 47.5 Å². The van der Waals surface area contributed by atoms with Gasteiger partial charge in [0.25, 0.3) is 0 Å². The Kier molecular flexibility index (Phi) is 25.5. The van der Waals surface area contributed by atoms with Crippen LogP contribution in [0.5, 0.6) is 0 Å². The number of carbonyl (C=O) groups is 6. The summed E-state index contributed by atoms with van der Waals surface area (Å²) in [5, 5.41) is 0. The Morgan fingerprint density at radius 3 is 1.15 bits per heavy atom. The lowest BCUT2D eigenvalue weighted by Gasteiger charge is -2.36. The van der Waals surface area contributed by atoms with Gasteiger partial charge in [0, 0.05) is 148 Å². The minimum atomic E-state index is -1.44. The fourth-order valence-electron chi connectivity index (χ4n) is 8.43. The number of hydrogen-bond donors (Lipinski definition) is 0. The molecule has 6 fully saturated rings. The average Bonchev–Trinajstić information content (AvgIpc) is 3.88. The number of aromatic nitrogens is 2. The van der Waals surface area contributed by atoms with Gasteiger partial charge in [0.05, 0.1) is 13.3 Å². The fourth-order valence-corrected chi connectivity index (χ4v) is 11.5. The summed E-state index contributed by atoms with van der Waals surface area (Å²) < 4.78 is 12.3. The molecule has 1 aromatic heterocycles. The topological polar surface area (TPSA) is 181 Å². The van der Waals surface area contributed by atoms with E-state index in [-0.39, 0.29) is 35.8 Å². The van der Waals surface area contributed by atoms with Crippen LogP contribution in [0.25, 0.3) is 0 Å². The van der Waals surface area contributed by atoms with E-state index >= 15 is 0 Å².